The van der Waals surface area contributed by atoms with E-state index >= 15 is 0 Å². The smallest absolute Gasteiger partial charge is 0.428 e. The highest BCUT2D eigenvalue weighted by atomic mass is 19.3. The standard InChI is InChI=1S/C12H14F4N2O2/c1-3-18(2)10(17-19)8-4-6-9(7-5-8)20-12(15,16)11(13)14/h4-7,11,19H,3H2,1-2H3/b17-10+. The molecule has 0 unspecified atom stereocenters. The van der Waals surface area contributed by atoms with Gasteiger partial charge in [-0.05, 0) is 31.2 Å². The lowest BCUT2D eigenvalue weighted by molar-refractivity contribution is -0.253. The van der Waals surface area contributed by atoms with Crippen molar-refractivity contribution < 1.29 is 27.5 Å². The molecule has 20 heavy (non-hydrogen) atoms. The molecule has 0 atom stereocenters. The molecule has 0 aliphatic carbocycles. The molecule has 4 nitrogen and oxygen atoms in total. The number of amidine groups is 1. The second kappa shape index (κ2) is 6.44. The summed E-state index contributed by atoms with van der Waals surface area (Å²) in [6, 6.07) is 4.86. The van der Waals surface area contributed by atoms with Gasteiger partial charge in [0.1, 0.15) is 5.75 Å². The zero-order valence-electron chi connectivity index (χ0n) is 10.9. The third kappa shape index (κ3) is 3.75. The highest BCUT2D eigenvalue weighted by Gasteiger charge is 2.43. The number of hydrogen-bond acceptors (Lipinski definition) is 3. The summed E-state index contributed by atoms with van der Waals surface area (Å²) in [5, 5.41) is 12.0. The van der Waals surface area contributed by atoms with Crippen LogP contribution < -0.4 is 4.74 Å². The van der Waals surface area contributed by atoms with Gasteiger partial charge in [-0.25, -0.2) is 0 Å². The predicted molar refractivity (Wildman–Crippen MR) is 64.6 cm³/mol. The lowest BCUT2D eigenvalue weighted by Gasteiger charge is -2.19. The molecule has 0 amide bonds. The van der Waals surface area contributed by atoms with Gasteiger partial charge in [-0.3, -0.25) is 0 Å². The third-order valence-corrected chi connectivity index (χ3v) is 2.55. The van der Waals surface area contributed by atoms with E-state index in [-0.39, 0.29) is 5.84 Å². The average molecular weight is 294 g/mol. The molecular formula is C12H14F4N2O2. The van der Waals surface area contributed by atoms with Crippen LogP contribution in [0.15, 0.2) is 29.4 Å². The van der Waals surface area contributed by atoms with Gasteiger partial charge in [-0.1, -0.05) is 5.16 Å². The van der Waals surface area contributed by atoms with E-state index in [0.717, 1.165) is 12.1 Å². The molecule has 0 radical (unpaired) electrons. The quantitative estimate of drug-likeness (QED) is 0.298. The maximum atomic E-state index is 12.7. The summed E-state index contributed by atoms with van der Waals surface area (Å²) in [5.74, 6) is -0.185. The Labute approximate surface area is 113 Å². The van der Waals surface area contributed by atoms with Crippen molar-refractivity contribution in [1.82, 2.24) is 4.90 Å². The Morgan fingerprint density at radius 3 is 2.30 bits per heavy atom. The summed E-state index contributed by atoms with van der Waals surface area (Å²) in [6.07, 6.45) is -8.46. The first-order valence-corrected chi connectivity index (χ1v) is 5.70. The van der Waals surface area contributed by atoms with E-state index in [2.05, 4.69) is 9.89 Å². The topological polar surface area (TPSA) is 45.1 Å². The lowest BCUT2D eigenvalue weighted by atomic mass is 10.2. The number of rotatable bonds is 5. The molecule has 0 fully saturated rings. The first-order valence-electron chi connectivity index (χ1n) is 5.70. The number of halogens is 4. The number of alkyl halides is 4. The van der Waals surface area contributed by atoms with Gasteiger partial charge in [-0.2, -0.15) is 17.6 Å². The van der Waals surface area contributed by atoms with Crippen molar-refractivity contribution in [3.8, 4) is 5.75 Å². The molecule has 0 saturated carbocycles. The summed E-state index contributed by atoms with van der Waals surface area (Å²) in [7, 11) is 1.67. The summed E-state index contributed by atoms with van der Waals surface area (Å²) in [4.78, 5) is 1.61. The molecule has 1 aromatic carbocycles. The second-order valence-electron chi connectivity index (χ2n) is 3.93. The Bertz CT molecular complexity index is 463. The SMILES string of the molecule is CCN(C)/C(=N/O)c1ccc(OC(F)(F)C(F)F)cc1. The largest absolute Gasteiger partial charge is 0.461 e. The lowest BCUT2D eigenvalue weighted by Crippen LogP contribution is -2.33. The number of benzene rings is 1. The van der Waals surface area contributed by atoms with Crippen LogP contribution in [0.2, 0.25) is 0 Å². The minimum atomic E-state index is -4.55. The van der Waals surface area contributed by atoms with Crippen LogP contribution in [0.5, 0.6) is 5.75 Å². The van der Waals surface area contributed by atoms with E-state index in [1.807, 2.05) is 6.92 Å². The zero-order valence-corrected chi connectivity index (χ0v) is 10.9. The molecule has 0 saturated heterocycles. The molecule has 0 aromatic heterocycles. The fourth-order valence-corrected chi connectivity index (χ4v) is 1.38. The van der Waals surface area contributed by atoms with Crippen LogP contribution in [0.3, 0.4) is 0 Å². The molecule has 1 N–H and O–H groups in total. The van der Waals surface area contributed by atoms with Crippen LogP contribution in [0, 0.1) is 0 Å². The van der Waals surface area contributed by atoms with Gasteiger partial charge in [0.15, 0.2) is 5.84 Å². The van der Waals surface area contributed by atoms with Crippen LogP contribution in [0.4, 0.5) is 17.6 Å². The minimum absolute atomic E-state index is 0.222. The molecular weight excluding hydrogens is 280 g/mol. The van der Waals surface area contributed by atoms with Crippen LogP contribution in [-0.4, -0.2) is 42.1 Å². The van der Waals surface area contributed by atoms with Gasteiger partial charge in [0.25, 0.3) is 0 Å². The second-order valence-corrected chi connectivity index (χ2v) is 3.93. The molecule has 0 bridgehead atoms. The van der Waals surface area contributed by atoms with Crippen molar-refractivity contribution in [2.75, 3.05) is 13.6 Å². The Kier molecular flexibility index (Phi) is 5.18. The van der Waals surface area contributed by atoms with Crippen LogP contribution in [-0.2, 0) is 0 Å². The fourth-order valence-electron chi connectivity index (χ4n) is 1.38. The number of ether oxygens (including phenoxy) is 1. The summed E-state index contributed by atoms with van der Waals surface area (Å²) in [5.41, 5.74) is 0.435. The maximum Gasteiger partial charge on any atom is 0.461 e. The van der Waals surface area contributed by atoms with Crippen molar-refractivity contribution in [2.24, 2.45) is 5.16 Å². The minimum Gasteiger partial charge on any atom is -0.428 e. The van der Waals surface area contributed by atoms with E-state index < -0.39 is 18.3 Å². The van der Waals surface area contributed by atoms with E-state index in [9.17, 15) is 17.6 Å². The van der Waals surface area contributed by atoms with E-state index in [1.165, 1.54) is 12.1 Å². The molecule has 1 aromatic rings. The van der Waals surface area contributed by atoms with Crippen LogP contribution >= 0.6 is 0 Å². The average Bonchev–Trinajstić information content (AvgIpc) is 2.40. The van der Waals surface area contributed by atoms with Gasteiger partial charge in [0.2, 0.25) is 0 Å². The predicted octanol–water partition coefficient (Wildman–Crippen LogP) is 3.01. The van der Waals surface area contributed by atoms with Gasteiger partial charge in [-0.15, -0.1) is 0 Å². The Balaban J connectivity index is 2.89. The summed E-state index contributed by atoms with van der Waals surface area (Å²) in [6.45, 7) is 2.38. The van der Waals surface area contributed by atoms with Crippen molar-refractivity contribution >= 4 is 5.84 Å². The van der Waals surface area contributed by atoms with Crippen molar-refractivity contribution in [1.29, 1.82) is 0 Å². The molecule has 1 rings (SSSR count). The molecule has 0 aliphatic heterocycles. The monoisotopic (exact) mass is 294 g/mol. The Morgan fingerprint density at radius 1 is 1.35 bits per heavy atom. The normalized spacial score (nSPS) is 12.7. The Morgan fingerprint density at radius 2 is 1.90 bits per heavy atom. The van der Waals surface area contributed by atoms with Crippen LogP contribution in [0.25, 0.3) is 0 Å². The molecule has 0 spiro atoms. The maximum absolute atomic E-state index is 12.7. The fraction of sp³-hybridized carbons (Fsp3) is 0.417. The van der Waals surface area contributed by atoms with Crippen LogP contribution in [0.1, 0.15) is 12.5 Å². The van der Waals surface area contributed by atoms with E-state index in [1.54, 1.807) is 11.9 Å². The molecule has 112 valence electrons. The number of nitrogens with zero attached hydrogens (tertiary/aromatic N) is 2. The Hall–Kier alpha value is -1.99. The van der Waals surface area contributed by atoms with Crippen molar-refractivity contribution in [2.45, 2.75) is 19.5 Å². The number of oxime groups is 1. The van der Waals surface area contributed by atoms with E-state index in [4.69, 9.17) is 5.21 Å². The van der Waals surface area contributed by atoms with E-state index in [0.29, 0.717) is 12.1 Å². The highest BCUT2D eigenvalue weighted by molar-refractivity contribution is 5.98. The van der Waals surface area contributed by atoms with Gasteiger partial charge < -0.3 is 14.8 Å². The molecule has 8 heteroatoms. The van der Waals surface area contributed by atoms with Gasteiger partial charge in [0.05, 0.1) is 0 Å². The highest BCUT2D eigenvalue weighted by Crippen LogP contribution is 2.27. The number of hydrogen-bond donors (Lipinski definition) is 1. The first-order chi connectivity index (χ1) is 9.31. The van der Waals surface area contributed by atoms with Crippen molar-refractivity contribution in [3.05, 3.63) is 29.8 Å². The first kappa shape index (κ1) is 16.1. The molecule has 0 heterocycles. The van der Waals surface area contributed by atoms with Crippen molar-refractivity contribution in [3.63, 3.8) is 0 Å². The zero-order chi connectivity index (χ0) is 15.3. The molecule has 0 aliphatic rings. The van der Waals surface area contributed by atoms with Gasteiger partial charge >= 0.3 is 12.5 Å². The third-order valence-electron chi connectivity index (χ3n) is 2.55. The van der Waals surface area contributed by atoms with Gasteiger partial charge in [0, 0.05) is 19.2 Å². The summed E-state index contributed by atoms with van der Waals surface area (Å²) < 4.78 is 53.3. The summed E-state index contributed by atoms with van der Waals surface area (Å²) >= 11 is 0.